The first-order valence-corrected chi connectivity index (χ1v) is 7.60. The molecule has 0 aliphatic rings. The highest BCUT2D eigenvalue weighted by Gasteiger charge is 2.14. The zero-order chi connectivity index (χ0) is 14.5. The van der Waals surface area contributed by atoms with E-state index in [0.717, 1.165) is 19.4 Å². The first-order chi connectivity index (χ1) is 10.4. The molecule has 0 amide bonds. The van der Waals surface area contributed by atoms with Crippen LogP contribution in [0.4, 0.5) is 0 Å². The summed E-state index contributed by atoms with van der Waals surface area (Å²) in [6.45, 7) is 3.22. The van der Waals surface area contributed by atoms with E-state index in [-0.39, 0.29) is 0 Å². The SMILES string of the molecule is CCCNC(Cc1ccoc1)c1cccc2ccccc12. The number of furan rings is 1. The maximum atomic E-state index is 5.22. The fourth-order valence-corrected chi connectivity index (χ4v) is 2.81. The molecule has 1 aromatic heterocycles. The summed E-state index contributed by atoms with van der Waals surface area (Å²) in [6.07, 6.45) is 5.66. The third kappa shape index (κ3) is 3.17. The molecule has 3 aromatic rings. The van der Waals surface area contributed by atoms with Crippen LogP contribution in [0.15, 0.2) is 65.5 Å². The molecule has 1 N–H and O–H groups in total. The largest absolute Gasteiger partial charge is 0.472 e. The third-order valence-electron chi connectivity index (χ3n) is 3.86. The zero-order valence-corrected chi connectivity index (χ0v) is 12.4. The van der Waals surface area contributed by atoms with Crippen LogP contribution in [-0.2, 0) is 6.42 Å². The van der Waals surface area contributed by atoms with Gasteiger partial charge in [0, 0.05) is 6.04 Å². The molecule has 0 aliphatic carbocycles. The summed E-state index contributed by atoms with van der Waals surface area (Å²) in [4.78, 5) is 0. The van der Waals surface area contributed by atoms with Crippen molar-refractivity contribution < 1.29 is 4.42 Å². The monoisotopic (exact) mass is 279 g/mol. The Bertz CT molecular complexity index is 682. The highest BCUT2D eigenvalue weighted by Crippen LogP contribution is 2.27. The molecular weight excluding hydrogens is 258 g/mol. The van der Waals surface area contributed by atoms with Gasteiger partial charge in [-0.1, -0.05) is 49.4 Å². The van der Waals surface area contributed by atoms with Crippen molar-refractivity contribution in [2.24, 2.45) is 0 Å². The number of nitrogens with one attached hydrogen (secondary N) is 1. The summed E-state index contributed by atoms with van der Waals surface area (Å²) in [5.41, 5.74) is 2.60. The molecule has 21 heavy (non-hydrogen) atoms. The predicted molar refractivity (Wildman–Crippen MR) is 87.4 cm³/mol. The lowest BCUT2D eigenvalue weighted by Gasteiger charge is -2.20. The second kappa shape index (κ2) is 6.59. The Morgan fingerprint density at radius 3 is 2.71 bits per heavy atom. The Hall–Kier alpha value is -2.06. The van der Waals surface area contributed by atoms with Gasteiger partial charge in [-0.05, 0) is 47.4 Å². The van der Waals surface area contributed by atoms with Gasteiger partial charge in [-0.15, -0.1) is 0 Å². The van der Waals surface area contributed by atoms with Crippen molar-refractivity contribution in [2.75, 3.05) is 6.54 Å². The van der Waals surface area contributed by atoms with Crippen molar-refractivity contribution in [1.82, 2.24) is 5.32 Å². The van der Waals surface area contributed by atoms with E-state index in [1.54, 1.807) is 6.26 Å². The summed E-state index contributed by atoms with van der Waals surface area (Å²) in [7, 11) is 0. The van der Waals surface area contributed by atoms with Gasteiger partial charge in [-0.25, -0.2) is 0 Å². The summed E-state index contributed by atoms with van der Waals surface area (Å²) < 4.78 is 5.22. The lowest BCUT2D eigenvalue weighted by molar-refractivity contribution is 0.523. The average Bonchev–Trinajstić information content (AvgIpc) is 3.04. The molecule has 0 saturated heterocycles. The minimum Gasteiger partial charge on any atom is -0.472 e. The van der Waals surface area contributed by atoms with E-state index in [1.807, 2.05) is 12.3 Å². The van der Waals surface area contributed by atoms with Gasteiger partial charge in [0.15, 0.2) is 0 Å². The molecule has 0 saturated carbocycles. The van der Waals surface area contributed by atoms with Gasteiger partial charge in [-0.3, -0.25) is 0 Å². The first kappa shape index (κ1) is 13.9. The molecule has 0 fully saturated rings. The first-order valence-electron chi connectivity index (χ1n) is 7.60. The Kier molecular flexibility index (Phi) is 4.37. The van der Waals surface area contributed by atoms with Crippen molar-refractivity contribution in [3.05, 3.63) is 72.2 Å². The molecule has 1 atom stereocenters. The van der Waals surface area contributed by atoms with Gasteiger partial charge >= 0.3 is 0 Å². The van der Waals surface area contributed by atoms with Crippen molar-refractivity contribution in [2.45, 2.75) is 25.8 Å². The lowest BCUT2D eigenvalue weighted by atomic mass is 9.95. The van der Waals surface area contributed by atoms with E-state index in [0.29, 0.717) is 6.04 Å². The summed E-state index contributed by atoms with van der Waals surface area (Å²) >= 11 is 0. The molecule has 2 aromatic carbocycles. The second-order valence-electron chi connectivity index (χ2n) is 5.41. The van der Waals surface area contributed by atoms with E-state index in [2.05, 4.69) is 54.7 Å². The zero-order valence-electron chi connectivity index (χ0n) is 12.4. The molecule has 0 bridgehead atoms. The Morgan fingerprint density at radius 2 is 1.90 bits per heavy atom. The van der Waals surface area contributed by atoms with Crippen molar-refractivity contribution >= 4 is 10.8 Å². The van der Waals surface area contributed by atoms with Gasteiger partial charge in [0.25, 0.3) is 0 Å². The number of benzene rings is 2. The van der Waals surface area contributed by atoms with Crippen LogP contribution < -0.4 is 5.32 Å². The van der Waals surface area contributed by atoms with Crippen LogP contribution in [0.3, 0.4) is 0 Å². The molecule has 2 nitrogen and oxygen atoms in total. The van der Waals surface area contributed by atoms with E-state index < -0.39 is 0 Å². The molecule has 0 radical (unpaired) electrons. The van der Waals surface area contributed by atoms with E-state index in [9.17, 15) is 0 Å². The second-order valence-corrected chi connectivity index (χ2v) is 5.41. The van der Waals surface area contributed by atoms with Crippen molar-refractivity contribution in [1.29, 1.82) is 0 Å². The lowest BCUT2D eigenvalue weighted by Crippen LogP contribution is -2.24. The van der Waals surface area contributed by atoms with Gasteiger partial charge in [0.1, 0.15) is 0 Å². The molecule has 0 spiro atoms. The number of fused-ring (bicyclic) bond motifs is 1. The van der Waals surface area contributed by atoms with Crippen LogP contribution in [0.25, 0.3) is 10.8 Å². The predicted octanol–water partition coefficient (Wildman–Crippen LogP) is 4.72. The van der Waals surface area contributed by atoms with Gasteiger partial charge in [0.2, 0.25) is 0 Å². The number of hydrogen-bond acceptors (Lipinski definition) is 2. The minimum atomic E-state index is 0.314. The van der Waals surface area contributed by atoms with Crippen LogP contribution in [0.2, 0.25) is 0 Å². The quantitative estimate of drug-likeness (QED) is 0.706. The number of hydrogen-bond donors (Lipinski definition) is 1. The maximum Gasteiger partial charge on any atom is 0.0935 e. The van der Waals surface area contributed by atoms with Crippen LogP contribution in [0, 0.1) is 0 Å². The average molecular weight is 279 g/mol. The van der Waals surface area contributed by atoms with Crippen LogP contribution in [0.5, 0.6) is 0 Å². The molecule has 108 valence electrons. The highest BCUT2D eigenvalue weighted by molar-refractivity contribution is 5.86. The summed E-state index contributed by atoms with van der Waals surface area (Å²) in [5.74, 6) is 0. The third-order valence-corrected chi connectivity index (χ3v) is 3.86. The normalized spacial score (nSPS) is 12.6. The highest BCUT2D eigenvalue weighted by atomic mass is 16.3. The van der Waals surface area contributed by atoms with E-state index >= 15 is 0 Å². The Labute approximate surface area is 125 Å². The van der Waals surface area contributed by atoms with Gasteiger partial charge in [-0.2, -0.15) is 0 Å². The van der Waals surface area contributed by atoms with Crippen molar-refractivity contribution in [3.63, 3.8) is 0 Å². The van der Waals surface area contributed by atoms with Crippen LogP contribution in [-0.4, -0.2) is 6.54 Å². The minimum absolute atomic E-state index is 0.314. The molecular formula is C19H21NO. The van der Waals surface area contributed by atoms with Crippen molar-refractivity contribution in [3.8, 4) is 0 Å². The Balaban J connectivity index is 1.97. The topological polar surface area (TPSA) is 25.2 Å². The molecule has 3 rings (SSSR count). The molecule has 0 aliphatic heterocycles. The standard InChI is InChI=1S/C19H21NO/c1-2-11-20-19(13-15-10-12-21-14-15)18-9-5-7-16-6-3-4-8-17(16)18/h3-10,12,14,19-20H,2,11,13H2,1H3. The van der Waals surface area contributed by atoms with E-state index in [4.69, 9.17) is 4.42 Å². The fourth-order valence-electron chi connectivity index (χ4n) is 2.81. The summed E-state index contributed by atoms with van der Waals surface area (Å²) in [5, 5.41) is 6.30. The molecule has 1 heterocycles. The van der Waals surface area contributed by atoms with Gasteiger partial charge < -0.3 is 9.73 Å². The molecule has 2 heteroatoms. The van der Waals surface area contributed by atoms with Gasteiger partial charge in [0.05, 0.1) is 12.5 Å². The number of rotatable bonds is 6. The van der Waals surface area contributed by atoms with E-state index in [1.165, 1.54) is 21.9 Å². The Morgan fingerprint density at radius 1 is 1.05 bits per heavy atom. The fraction of sp³-hybridized carbons (Fsp3) is 0.263. The molecule has 1 unspecified atom stereocenters. The van der Waals surface area contributed by atoms with Crippen LogP contribution >= 0.6 is 0 Å². The van der Waals surface area contributed by atoms with Crippen LogP contribution in [0.1, 0.15) is 30.5 Å². The summed E-state index contributed by atoms with van der Waals surface area (Å²) in [6, 6.07) is 17.5. The maximum absolute atomic E-state index is 5.22. The smallest absolute Gasteiger partial charge is 0.0935 e.